The molecule has 0 bridgehead atoms. The molecular weight excluding hydrogens is 388 g/mol. The maximum absolute atomic E-state index is 11.8. The van der Waals surface area contributed by atoms with Crippen LogP contribution in [0.1, 0.15) is 85.0 Å². The summed E-state index contributed by atoms with van der Waals surface area (Å²) in [6, 6.07) is 0. The van der Waals surface area contributed by atoms with E-state index in [1.54, 1.807) is 0 Å². The molecule has 4 aliphatic carbocycles. The second-order valence-corrected chi connectivity index (χ2v) is 12.1. The molecule has 0 heterocycles. The summed E-state index contributed by atoms with van der Waals surface area (Å²) in [4.78, 5) is 11.1. The van der Waals surface area contributed by atoms with Crippen LogP contribution in [0.3, 0.4) is 0 Å². The van der Waals surface area contributed by atoms with Crippen LogP contribution < -0.4 is 0 Å². The van der Waals surface area contributed by atoms with E-state index in [0.717, 1.165) is 32.1 Å². The van der Waals surface area contributed by atoms with Gasteiger partial charge in [0.15, 0.2) is 0 Å². The van der Waals surface area contributed by atoms with Gasteiger partial charge < -0.3 is 15.3 Å². The average Bonchev–Trinajstić information content (AvgIpc) is 3.07. The van der Waals surface area contributed by atoms with Crippen LogP contribution >= 0.6 is 0 Å². The zero-order valence-electron chi connectivity index (χ0n) is 19.8. The van der Waals surface area contributed by atoms with Crippen molar-refractivity contribution in [2.24, 2.45) is 52.3 Å². The normalized spacial score (nSPS) is 50.1. The molecule has 4 saturated carbocycles. The SMILES string of the molecule is C=CCC1C(O)[C@@H]2[C@H](CC[C@]3(C)[C@@H]([C@H](C)CCC(=O)O)CC[C@@H]23)[C@@]2(C)CC[C@@H](O)C[C@@H]12. The topological polar surface area (TPSA) is 77.8 Å². The first-order valence-corrected chi connectivity index (χ1v) is 12.8. The Morgan fingerprint density at radius 2 is 1.74 bits per heavy atom. The second kappa shape index (κ2) is 8.48. The highest BCUT2D eigenvalue weighted by atomic mass is 16.4. The third-order valence-corrected chi connectivity index (χ3v) is 10.9. The van der Waals surface area contributed by atoms with Crippen LogP contribution in [-0.2, 0) is 4.79 Å². The van der Waals surface area contributed by atoms with E-state index in [0.29, 0.717) is 35.5 Å². The summed E-state index contributed by atoms with van der Waals surface area (Å²) in [7, 11) is 0. The number of hydrogen-bond donors (Lipinski definition) is 3. The molecule has 0 saturated heterocycles. The molecule has 0 aliphatic heterocycles. The summed E-state index contributed by atoms with van der Waals surface area (Å²) in [5.41, 5.74) is 0.404. The van der Waals surface area contributed by atoms with Crippen molar-refractivity contribution >= 4 is 5.97 Å². The number of carboxylic acid groups (broad SMARTS) is 1. The summed E-state index contributed by atoms with van der Waals surface area (Å²) in [5, 5.41) is 31.4. The number of rotatable bonds is 6. The van der Waals surface area contributed by atoms with Gasteiger partial charge in [-0.05, 0) is 110 Å². The number of aliphatic carboxylic acids is 1. The van der Waals surface area contributed by atoms with E-state index in [4.69, 9.17) is 5.11 Å². The highest BCUT2D eigenvalue weighted by molar-refractivity contribution is 5.66. The van der Waals surface area contributed by atoms with Gasteiger partial charge in [0, 0.05) is 6.42 Å². The Morgan fingerprint density at radius 1 is 1.06 bits per heavy atom. The van der Waals surface area contributed by atoms with E-state index >= 15 is 0 Å². The van der Waals surface area contributed by atoms with E-state index in [-0.39, 0.29) is 35.4 Å². The van der Waals surface area contributed by atoms with Crippen molar-refractivity contribution in [1.82, 2.24) is 0 Å². The molecule has 4 rings (SSSR count). The largest absolute Gasteiger partial charge is 0.481 e. The van der Waals surface area contributed by atoms with Gasteiger partial charge in [0.2, 0.25) is 0 Å². The minimum Gasteiger partial charge on any atom is -0.481 e. The maximum Gasteiger partial charge on any atom is 0.303 e. The monoisotopic (exact) mass is 432 g/mol. The zero-order chi connectivity index (χ0) is 22.6. The summed E-state index contributed by atoms with van der Waals surface area (Å²) >= 11 is 0. The molecule has 0 aromatic heterocycles. The minimum absolute atomic E-state index is 0.199. The van der Waals surface area contributed by atoms with E-state index in [1.165, 1.54) is 25.7 Å². The zero-order valence-corrected chi connectivity index (χ0v) is 19.8. The molecule has 3 N–H and O–H groups in total. The Hall–Kier alpha value is -0.870. The predicted octanol–water partition coefficient (Wildman–Crippen LogP) is 5.28. The lowest BCUT2D eigenvalue weighted by Crippen LogP contribution is -2.62. The molecule has 0 spiro atoms. The molecule has 31 heavy (non-hydrogen) atoms. The summed E-state index contributed by atoms with van der Waals surface area (Å²) < 4.78 is 0. The average molecular weight is 433 g/mol. The minimum atomic E-state index is -0.691. The molecule has 4 fully saturated rings. The van der Waals surface area contributed by atoms with E-state index in [2.05, 4.69) is 27.4 Å². The van der Waals surface area contributed by atoms with Gasteiger partial charge in [-0.3, -0.25) is 4.79 Å². The highest BCUT2D eigenvalue weighted by Crippen LogP contribution is 2.69. The van der Waals surface area contributed by atoms with E-state index in [1.807, 2.05) is 6.08 Å². The first kappa shape index (κ1) is 23.3. The fourth-order valence-electron chi connectivity index (χ4n) is 9.46. The Balaban J connectivity index is 1.63. The molecule has 0 radical (unpaired) electrons. The lowest BCUT2D eigenvalue weighted by molar-refractivity contribution is -0.202. The van der Waals surface area contributed by atoms with Crippen LogP contribution in [0.25, 0.3) is 0 Å². The van der Waals surface area contributed by atoms with Gasteiger partial charge in [0.25, 0.3) is 0 Å². The van der Waals surface area contributed by atoms with Crippen LogP contribution in [-0.4, -0.2) is 33.5 Å². The van der Waals surface area contributed by atoms with Crippen LogP contribution in [0.4, 0.5) is 0 Å². The molecule has 11 atom stereocenters. The molecule has 4 heteroatoms. The van der Waals surface area contributed by atoms with E-state index in [9.17, 15) is 15.0 Å². The predicted molar refractivity (Wildman–Crippen MR) is 122 cm³/mol. The maximum atomic E-state index is 11.8. The first-order chi connectivity index (χ1) is 14.6. The van der Waals surface area contributed by atoms with E-state index < -0.39 is 5.97 Å². The van der Waals surface area contributed by atoms with Gasteiger partial charge >= 0.3 is 5.97 Å². The van der Waals surface area contributed by atoms with Gasteiger partial charge in [-0.2, -0.15) is 0 Å². The lowest BCUT2D eigenvalue weighted by atomic mass is 9.41. The van der Waals surface area contributed by atoms with Crippen LogP contribution in [0.5, 0.6) is 0 Å². The molecular formula is C27H44O4. The van der Waals surface area contributed by atoms with Crippen LogP contribution in [0.15, 0.2) is 12.7 Å². The van der Waals surface area contributed by atoms with Gasteiger partial charge in [0.05, 0.1) is 12.2 Å². The van der Waals surface area contributed by atoms with Crippen molar-refractivity contribution in [2.45, 2.75) is 97.2 Å². The van der Waals surface area contributed by atoms with Gasteiger partial charge in [0.1, 0.15) is 0 Å². The standard InChI is InChI=1S/C27H44O4/c1-5-6-18-22-15-17(28)11-13-27(22,4)21-12-14-26(3)19(16(2)7-10-23(29)30)8-9-20(26)24(21)25(18)31/h5,16-22,24-25,28,31H,1,6-15H2,2-4H3,(H,29,30)/t16-,17-,18?,19-,20+,21+,22+,24+,25?,26-,27-/m1/s1. The quantitative estimate of drug-likeness (QED) is 0.499. The number of aliphatic hydroxyl groups excluding tert-OH is 2. The van der Waals surface area contributed by atoms with Crippen LogP contribution in [0.2, 0.25) is 0 Å². The molecule has 4 aliphatic rings. The van der Waals surface area contributed by atoms with Crippen molar-refractivity contribution in [3.8, 4) is 0 Å². The third-order valence-electron chi connectivity index (χ3n) is 10.9. The molecule has 176 valence electrons. The number of carbonyl (C=O) groups is 1. The number of hydrogen-bond acceptors (Lipinski definition) is 3. The van der Waals surface area contributed by atoms with Gasteiger partial charge in [-0.25, -0.2) is 0 Å². The molecule has 2 unspecified atom stereocenters. The van der Waals surface area contributed by atoms with Crippen molar-refractivity contribution in [3.63, 3.8) is 0 Å². The fourth-order valence-corrected chi connectivity index (χ4v) is 9.46. The van der Waals surface area contributed by atoms with Crippen molar-refractivity contribution in [2.75, 3.05) is 0 Å². The summed E-state index contributed by atoms with van der Waals surface area (Å²) in [6.07, 6.45) is 10.8. The Morgan fingerprint density at radius 3 is 2.42 bits per heavy atom. The number of fused-ring (bicyclic) bond motifs is 5. The van der Waals surface area contributed by atoms with Gasteiger partial charge in [-0.1, -0.05) is 26.8 Å². The summed E-state index contributed by atoms with van der Waals surface area (Å²) in [6.45, 7) is 11.2. The van der Waals surface area contributed by atoms with Crippen LogP contribution in [0, 0.1) is 52.3 Å². The smallest absolute Gasteiger partial charge is 0.303 e. The lowest BCUT2D eigenvalue weighted by Gasteiger charge is -2.64. The molecule has 4 nitrogen and oxygen atoms in total. The number of aliphatic hydroxyl groups is 2. The van der Waals surface area contributed by atoms with Crippen molar-refractivity contribution in [3.05, 3.63) is 12.7 Å². The summed E-state index contributed by atoms with van der Waals surface area (Å²) in [5.74, 6) is 2.25. The Labute approximate surface area is 188 Å². The molecule has 0 aromatic rings. The van der Waals surface area contributed by atoms with Crippen molar-refractivity contribution in [1.29, 1.82) is 0 Å². The Bertz CT molecular complexity index is 691. The number of carboxylic acids is 1. The first-order valence-electron chi connectivity index (χ1n) is 12.8. The molecule has 0 amide bonds. The van der Waals surface area contributed by atoms with Gasteiger partial charge in [-0.15, -0.1) is 6.58 Å². The fraction of sp³-hybridized carbons (Fsp3) is 0.889. The molecule has 0 aromatic carbocycles. The highest BCUT2D eigenvalue weighted by Gasteiger charge is 2.64. The number of allylic oxidation sites excluding steroid dienone is 1. The van der Waals surface area contributed by atoms with Crippen molar-refractivity contribution < 1.29 is 20.1 Å². The second-order valence-electron chi connectivity index (χ2n) is 12.1. The Kier molecular flexibility index (Phi) is 6.37. The third kappa shape index (κ3) is 3.70.